The summed E-state index contributed by atoms with van der Waals surface area (Å²) in [4.78, 5) is 0. The number of hydrogen-bond donors (Lipinski definition) is 0. The minimum absolute atomic E-state index is 0. The van der Waals surface area contributed by atoms with Gasteiger partial charge in [-0.15, -0.1) is 0 Å². The Morgan fingerprint density at radius 2 is 0.500 bits per heavy atom. The molecule has 0 saturated carbocycles. The third-order valence-corrected chi connectivity index (χ3v) is 0. The van der Waals surface area contributed by atoms with Gasteiger partial charge in [0.05, 0.1) is 0 Å². The summed E-state index contributed by atoms with van der Waals surface area (Å²) in [5, 5.41) is 0. The Hall–Kier alpha value is 2.70. The van der Waals surface area contributed by atoms with Gasteiger partial charge in [-0.25, -0.2) is 0 Å². The summed E-state index contributed by atoms with van der Waals surface area (Å²) >= 11 is 0. The molecule has 0 atom stereocenters. The molecule has 24 valence electrons. The molecule has 0 aromatic rings. The molecule has 0 amide bonds. The van der Waals surface area contributed by atoms with Crippen LogP contribution in [-0.4, -0.2) is 19.8 Å². The zero-order valence-corrected chi connectivity index (χ0v) is 7.25. The van der Waals surface area contributed by atoms with E-state index >= 15 is 0 Å². The molecule has 4 heteroatoms. The number of rotatable bonds is 0. The molecule has 0 spiro atoms. The average molecular weight is 361 g/mol. The summed E-state index contributed by atoms with van der Waals surface area (Å²) < 4.78 is 0. The standard InChI is InChI=1S/Ga.3Mo.3H. The van der Waals surface area contributed by atoms with Crippen LogP contribution >= 0.6 is 0 Å². The van der Waals surface area contributed by atoms with E-state index < -0.39 is 0 Å². The Kier molecular flexibility index (Phi) is 129. The molecule has 0 aliphatic carbocycles. The minimum atomic E-state index is 0. The van der Waals surface area contributed by atoms with Crippen LogP contribution in [0.4, 0.5) is 0 Å². The summed E-state index contributed by atoms with van der Waals surface area (Å²) in [5.41, 5.74) is 0. The molecule has 0 nitrogen and oxygen atoms in total. The van der Waals surface area contributed by atoms with Gasteiger partial charge in [0.2, 0.25) is 0 Å². The molecule has 0 fully saturated rings. The molecular weight excluding hydrogens is 358 g/mol. The van der Waals surface area contributed by atoms with Crippen molar-refractivity contribution in [3.8, 4) is 0 Å². The van der Waals surface area contributed by atoms with Gasteiger partial charge >= 0.3 is 19.8 Å². The molecule has 0 aromatic heterocycles. The molecule has 0 aliphatic heterocycles. The summed E-state index contributed by atoms with van der Waals surface area (Å²) in [6.07, 6.45) is 0. The second-order valence-electron chi connectivity index (χ2n) is 0. The molecule has 0 N–H and O–H groups in total. The first-order chi connectivity index (χ1) is 0. The van der Waals surface area contributed by atoms with Gasteiger partial charge in [-0.2, -0.15) is 0 Å². The zero-order valence-electron chi connectivity index (χ0n) is 1.22. The fourth-order valence-corrected chi connectivity index (χ4v) is 0. The Balaban J connectivity index is 0. The third kappa shape index (κ3) is 8.83. The number of hydrogen-bond acceptors (Lipinski definition) is 0. The van der Waals surface area contributed by atoms with E-state index in [2.05, 4.69) is 0 Å². The molecule has 0 aliphatic rings. The first kappa shape index (κ1) is 29.9. The summed E-state index contributed by atoms with van der Waals surface area (Å²) in [5.74, 6) is 0. The van der Waals surface area contributed by atoms with Crippen molar-refractivity contribution in [1.82, 2.24) is 0 Å². The van der Waals surface area contributed by atoms with Gasteiger partial charge in [0, 0.05) is 63.2 Å². The maximum absolute atomic E-state index is 0. The quantitative estimate of drug-likeness (QED) is 0.477. The molecule has 0 radical (unpaired) electrons. The van der Waals surface area contributed by atoms with Crippen molar-refractivity contribution in [1.29, 1.82) is 0 Å². The first-order valence-corrected chi connectivity index (χ1v) is 0. The smallest absolute Gasteiger partial charge is 0 e. The van der Waals surface area contributed by atoms with Crippen molar-refractivity contribution in [2.45, 2.75) is 0 Å². The second kappa shape index (κ2) is 17.3. The van der Waals surface area contributed by atoms with E-state index in [1.807, 2.05) is 0 Å². The van der Waals surface area contributed by atoms with Crippen molar-refractivity contribution in [2.24, 2.45) is 0 Å². The van der Waals surface area contributed by atoms with Crippen LogP contribution in [0.5, 0.6) is 0 Å². The van der Waals surface area contributed by atoms with E-state index in [1.54, 1.807) is 0 Å². The van der Waals surface area contributed by atoms with Crippen molar-refractivity contribution < 1.29 is 63.2 Å². The topological polar surface area (TPSA) is 0 Å². The Morgan fingerprint density at radius 1 is 0.500 bits per heavy atom. The molecule has 0 aromatic carbocycles. The van der Waals surface area contributed by atoms with E-state index in [9.17, 15) is 0 Å². The van der Waals surface area contributed by atoms with E-state index in [0.717, 1.165) is 0 Å². The average Bonchev–Trinajstić information content (AvgIpc) is 0. The van der Waals surface area contributed by atoms with Gasteiger partial charge in [-0.3, -0.25) is 0 Å². The molecule has 0 bridgehead atoms. The van der Waals surface area contributed by atoms with Gasteiger partial charge in [0.15, 0.2) is 0 Å². The van der Waals surface area contributed by atoms with Crippen LogP contribution in [0.3, 0.4) is 0 Å². The summed E-state index contributed by atoms with van der Waals surface area (Å²) in [6.45, 7) is 0. The zero-order chi connectivity index (χ0) is 0. The van der Waals surface area contributed by atoms with Crippen LogP contribution in [0.15, 0.2) is 0 Å². The Labute approximate surface area is 81.7 Å². The van der Waals surface area contributed by atoms with Crippen molar-refractivity contribution in [3.63, 3.8) is 0 Å². The second-order valence-corrected chi connectivity index (χ2v) is 0. The van der Waals surface area contributed by atoms with Crippen molar-refractivity contribution >= 4 is 19.8 Å². The molecule has 0 heterocycles. The monoisotopic (exact) mass is 366 g/mol. The van der Waals surface area contributed by atoms with Crippen LogP contribution in [0.1, 0.15) is 0 Å². The van der Waals surface area contributed by atoms with Crippen LogP contribution in [-0.2, 0) is 63.2 Å². The predicted octanol–water partition coefficient (Wildman–Crippen LogP) is -1.19. The van der Waals surface area contributed by atoms with E-state index in [4.69, 9.17) is 0 Å². The predicted molar refractivity (Wildman–Crippen MR) is 9.94 cm³/mol. The third-order valence-electron chi connectivity index (χ3n) is 0. The SMILES string of the molecule is [GaH3].[Mo].[Mo].[Mo]. The van der Waals surface area contributed by atoms with Crippen LogP contribution in [0, 0.1) is 0 Å². The molecule has 0 saturated heterocycles. The van der Waals surface area contributed by atoms with E-state index in [-0.39, 0.29) is 83.0 Å². The van der Waals surface area contributed by atoms with Gasteiger partial charge in [-0.05, 0) is 0 Å². The molecule has 4 heavy (non-hydrogen) atoms. The van der Waals surface area contributed by atoms with E-state index in [1.165, 1.54) is 0 Å². The normalized spacial score (nSPS) is 0. The molecular formula is H3GaMo3. The van der Waals surface area contributed by atoms with Gasteiger partial charge in [0.25, 0.3) is 0 Å². The Bertz CT molecular complexity index is 3.25. The molecule has 0 rings (SSSR count). The van der Waals surface area contributed by atoms with Gasteiger partial charge < -0.3 is 0 Å². The first-order valence-electron chi connectivity index (χ1n) is 0. The largest absolute Gasteiger partial charge is 0 e. The minimum Gasteiger partial charge on any atom is 0 e. The maximum Gasteiger partial charge on any atom is 0 e. The molecule has 0 unspecified atom stereocenters. The Morgan fingerprint density at radius 3 is 0.500 bits per heavy atom. The summed E-state index contributed by atoms with van der Waals surface area (Å²) in [7, 11) is 0. The van der Waals surface area contributed by atoms with Crippen molar-refractivity contribution in [2.75, 3.05) is 0 Å². The fraction of sp³-hybridized carbons (Fsp3) is 0. The van der Waals surface area contributed by atoms with Gasteiger partial charge in [-0.1, -0.05) is 0 Å². The fourth-order valence-electron chi connectivity index (χ4n) is 0. The maximum atomic E-state index is 0. The summed E-state index contributed by atoms with van der Waals surface area (Å²) in [6, 6.07) is 0. The van der Waals surface area contributed by atoms with Crippen molar-refractivity contribution in [3.05, 3.63) is 0 Å². The van der Waals surface area contributed by atoms with E-state index in [0.29, 0.717) is 0 Å². The van der Waals surface area contributed by atoms with Crippen LogP contribution in [0.25, 0.3) is 0 Å². The van der Waals surface area contributed by atoms with Gasteiger partial charge in [0.1, 0.15) is 0 Å². The van der Waals surface area contributed by atoms with Crippen LogP contribution < -0.4 is 0 Å². The van der Waals surface area contributed by atoms with Crippen LogP contribution in [0.2, 0.25) is 0 Å².